The van der Waals surface area contributed by atoms with E-state index in [4.69, 9.17) is 4.74 Å². The van der Waals surface area contributed by atoms with Gasteiger partial charge in [-0.2, -0.15) is 5.10 Å². The van der Waals surface area contributed by atoms with Crippen molar-refractivity contribution in [3.05, 3.63) is 72.1 Å². The molecule has 0 spiro atoms. The summed E-state index contributed by atoms with van der Waals surface area (Å²) in [6, 6.07) is 16.8. The highest BCUT2D eigenvalue weighted by molar-refractivity contribution is 6.05. The minimum absolute atomic E-state index is 0.209. The Labute approximate surface area is 134 Å². The number of ether oxygens (including phenoxy) is 1. The Morgan fingerprint density at radius 2 is 1.78 bits per heavy atom. The number of aryl methyl sites for hydroxylation is 2. The highest BCUT2D eigenvalue weighted by Gasteiger charge is 2.14. The van der Waals surface area contributed by atoms with Gasteiger partial charge in [-0.15, -0.1) is 0 Å². The minimum Gasteiger partial charge on any atom is -0.455 e. The third kappa shape index (κ3) is 3.40. The molecule has 0 bridgehead atoms. The zero-order valence-electron chi connectivity index (χ0n) is 13.0. The SMILES string of the molecule is Cc1nn(C)cc1C(=O)Nc1ccccc1Oc1ccccc1. The molecule has 0 fully saturated rings. The van der Waals surface area contributed by atoms with E-state index in [2.05, 4.69) is 10.4 Å². The normalized spacial score (nSPS) is 10.3. The third-order valence-electron chi connectivity index (χ3n) is 3.36. The van der Waals surface area contributed by atoms with E-state index < -0.39 is 0 Å². The molecule has 0 aliphatic carbocycles. The van der Waals surface area contributed by atoms with Crippen LogP contribution in [-0.2, 0) is 7.05 Å². The Morgan fingerprint density at radius 3 is 2.48 bits per heavy atom. The minimum atomic E-state index is -0.209. The van der Waals surface area contributed by atoms with Gasteiger partial charge in [-0.3, -0.25) is 9.48 Å². The molecule has 0 unspecified atom stereocenters. The lowest BCUT2D eigenvalue weighted by Gasteiger charge is -2.12. The number of rotatable bonds is 4. The number of para-hydroxylation sites is 3. The summed E-state index contributed by atoms with van der Waals surface area (Å²) in [5.74, 6) is 1.10. The van der Waals surface area contributed by atoms with Crippen LogP contribution < -0.4 is 10.1 Å². The summed E-state index contributed by atoms with van der Waals surface area (Å²) in [5, 5.41) is 7.07. The second-order valence-electron chi connectivity index (χ2n) is 5.17. The predicted molar refractivity (Wildman–Crippen MR) is 88.9 cm³/mol. The number of benzene rings is 2. The lowest BCUT2D eigenvalue weighted by molar-refractivity contribution is 0.102. The maximum absolute atomic E-state index is 12.4. The number of amides is 1. The van der Waals surface area contributed by atoms with Gasteiger partial charge in [0.2, 0.25) is 0 Å². The summed E-state index contributed by atoms with van der Waals surface area (Å²) in [6.07, 6.45) is 1.70. The number of carbonyl (C=O) groups is 1. The van der Waals surface area contributed by atoms with Gasteiger partial charge < -0.3 is 10.1 Å². The highest BCUT2D eigenvalue weighted by Crippen LogP contribution is 2.29. The Hall–Kier alpha value is -3.08. The molecule has 0 aliphatic heterocycles. The van der Waals surface area contributed by atoms with E-state index in [9.17, 15) is 4.79 Å². The van der Waals surface area contributed by atoms with E-state index in [0.29, 0.717) is 28.4 Å². The van der Waals surface area contributed by atoms with Gasteiger partial charge in [-0.1, -0.05) is 30.3 Å². The molecule has 1 N–H and O–H groups in total. The molecule has 1 amide bonds. The molecule has 0 atom stereocenters. The molecule has 0 saturated carbocycles. The molecule has 0 saturated heterocycles. The first-order valence-corrected chi connectivity index (χ1v) is 7.27. The van der Waals surface area contributed by atoms with Crippen molar-refractivity contribution >= 4 is 11.6 Å². The first-order valence-electron chi connectivity index (χ1n) is 7.27. The summed E-state index contributed by atoms with van der Waals surface area (Å²) < 4.78 is 7.47. The molecule has 116 valence electrons. The standard InChI is InChI=1S/C18H17N3O2/c1-13-15(12-21(2)20-13)18(22)19-16-10-6-7-11-17(16)23-14-8-4-3-5-9-14/h3-12H,1-2H3,(H,19,22). The van der Waals surface area contributed by atoms with E-state index in [0.717, 1.165) is 0 Å². The Kier molecular flexibility index (Phi) is 4.10. The van der Waals surface area contributed by atoms with Gasteiger partial charge in [0.05, 0.1) is 16.9 Å². The molecule has 0 aliphatic rings. The van der Waals surface area contributed by atoms with E-state index >= 15 is 0 Å². The second kappa shape index (κ2) is 6.36. The summed E-state index contributed by atoms with van der Waals surface area (Å²) in [7, 11) is 1.79. The predicted octanol–water partition coefficient (Wildman–Crippen LogP) is 3.77. The van der Waals surface area contributed by atoms with Crippen LogP contribution >= 0.6 is 0 Å². The lowest BCUT2D eigenvalue weighted by Crippen LogP contribution is -2.13. The number of anilines is 1. The molecule has 1 heterocycles. The molecule has 2 aromatic carbocycles. The Bertz CT molecular complexity index is 825. The van der Waals surface area contributed by atoms with Gasteiger partial charge in [0.1, 0.15) is 5.75 Å². The van der Waals surface area contributed by atoms with E-state index in [1.54, 1.807) is 24.9 Å². The van der Waals surface area contributed by atoms with Crippen molar-refractivity contribution in [2.45, 2.75) is 6.92 Å². The number of carbonyl (C=O) groups excluding carboxylic acids is 1. The van der Waals surface area contributed by atoms with E-state index in [1.165, 1.54) is 0 Å². The van der Waals surface area contributed by atoms with Crippen LogP contribution in [0, 0.1) is 6.92 Å². The van der Waals surface area contributed by atoms with Crippen molar-refractivity contribution < 1.29 is 9.53 Å². The first-order chi connectivity index (χ1) is 11.1. The van der Waals surface area contributed by atoms with Crippen molar-refractivity contribution in [2.75, 3.05) is 5.32 Å². The molecule has 3 aromatic rings. The summed E-state index contributed by atoms with van der Waals surface area (Å²) in [6.45, 7) is 1.81. The molecule has 5 heteroatoms. The number of nitrogens with one attached hydrogen (secondary N) is 1. The van der Waals surface area contributed by atoms with Crippen molar-refractivity contribution in [3.63, 3.8) is 0 Å². The average Bonchev–Trinajstić information content (AvgIpc) is 2.89. The average molecular weight is 307 g/mol. The van der Waals surface area contributed by atoms with Crippen molar-refractivity contribution in [1.29, 1.82) is 0 Å². The van der Waals surface area contributed by atoms with E-state index in [1.807, 2.05) is 54.6 Å². The molecular formula is C18H17N3O2. The van der Waals surface area contributed by atoms with Crippen LogP contribution in [0.15, 0.2) is 60.8 Å². The van der Waals surface area contributed by atoms with Crippen LogP contribution in [0.25, 0.3) is 0 Å². The van der Waals surface area contributed by atoms with Crippen LogP contribution in [0.5, 0.6) is 11.5 Å². The zero-order valence-corrected chi connectivity index (χ0v) is 13.0. The largest absolute Gasteiger partial charge is 0.455 e. The van der Waals surface area contributed by atoms with Crippen LogP contribution in [0.2, 0.25) is 0 Å². The summed E-state index contributed by atoms with van der Waals surface area (Å²) >= 11 is 0. The number of nitrogens with zero attached hydrogens (tertiary/aromatic N) is 2. The Balaban J connectivity index is 1.83. The van der Waals surface area contributed by atoms with Crippen molar-refractivity contribution in [1.82, 2.24) is 9.78 Å². The van der Waals surface area contributed by atoms with Gasteiger partial charge in [0.15, 0.2) is 5.75 Å². The monoisotopic (exact) mass is 307 g/mol. The van der Waals surface area contributed by atoms with Crippen LogP contribution in [0.3, 0.4) is 0 Å². The topological polar surface area (TPSA) is 56.2 Å². The lowest BCUT2D eigenvalue weighted by atomic mass is 10.2. The fourth-order valence-electron chi connectivity index (χ4n) is 2.29. The van der Waals surface area contributed by atoms with Crippen LogP contribution in [0.1, 0.15) is 16.1 Å². The first kappa shape index (κ1) is 14.8. The fraction of sp³-hybridized carbons (Fsp3) is 0.111. The van der Waals surface area contributed by atoms with Crippen LogP contribution in [-0.4, -0.2) is 15.7 Å². The van der Waals surface area contributed by atoms with Gasteiger partial charge in [-0.25, -0.2) is 0 Å². The van der Waals surface area contributed by atoms with Crippen LogP contribution in [0.4, 0.5) is 5.69 Å². The molecule has 23 heavy (non-hydrogen) atoms. The number of aromatic nitrogens is 2. The molecule has 0 radical (unpaired) electrons. The number of hydrogen-bond donors (Lipinski definition) is 1. The van der Waals surface area contributed by atoms with Crippen molar-refractivity contribution in [2.24, 2.45) is 7.05 Å². The molecule has 5 nitrogen and oxygen atoms in total. The smallest absolute Gasteiger partial charge is 0.259 e. The highest BCUT2D eigenvalue weighted by atomic mass is 16.5. The van der Waals surface area contributed by atoms with Gasteiger partial charge >= 0.3 is 0 Å². The zero-order chi connectivity index (χ0) is 16.2. The summed E-state index contributed by atoms with van der Waals surface area (Å²) in [5.41, 5.74) is 1.85. The number of hydrogen-bond acceptors (Lipinski definition) is 3. The maximum Gasteiger partial charge on any atom is 0.259 e. The summed E-state index contributed by atoms with van der Waals surface area (Å²) in [4.78, 5) is 12.4. The molecular weight excluding hydrogens is 290 g/mol. The third-order valence-corrected chi connectivity index (χ3v) is 3.36. The quantitative estimate of drug-likeness (QED) is 0.798. The van der Waals surface area contributed by atoms with Gasteiger partial charge in [-0.05, 0) is 31.2 Å². The molecule has 3 rings (SSSR count). The second-order valence-corrected chi connectivity index (χ2v) is 5.17. The van der Waals surface area contributed by atoms with Gasteiger partial charge in [0.25, 0.3) is 5.91 Å². The van der Waals surface area contributed by atoms with Gasteiger partial charge in [0, 0.05) is 13.2 Å². The Morgan fingerprint density at radius 1 is 1.09 bits per heavy atom. The molecule has 1 aromatic heterocycles. The maximum atomic E-state index is 12.4. The van der Waals surface area contributed by atoms with Crippen molar-refractivity contribution in [3.8, 4) is 11.5 Å². The fourth-order valence-corrected chi connectivity index (χ4v) is 2.29. The van der Waals surface area contributed by atoms with E-state index in [-0.39, 0.29) is 5.91 Å².